The molecule has 280 valence electrons. The highest BCUT2D eigenvalue weighted by atomic mass is 15.1. The summed E-state index contributed by atoms with van der Waals surface area (Å²) in [6.45, 7) is 2.16. The highest BCUT2D eigenvalue weighted by Crippen LogP contribution is 2.45. The molecule has 2 nitrogen and oxygen atoms in total. The Kier molecular flexibility index (Phi) is 7.79. The molecule has 0 saturated carbocycles. The zero-order valence-corrected chi connectivity index (χ0v) is 33.1. The van der Waals surface area contributed by atoms with Crippen LogP contribution >= 0.6 is 0 Å². The van der Waals surface area contributed by atoms with E-state index in [1.807, 2.05) is 0 Å². The number of nitrogens with zero attached hydrogens (tertiary/aromatic N) is 2. The van der Waals surface area contributed by atoms with Crippen LogP contribution in [0.15, 0.2) is 212 Å². The summed E-state index contributed by atoms with van der Waals surface area (Å²) in [7, 11) is 0. The number of fused-ring (bicyclic) bond motifs is 6. The fourth-order valence-corrected chi connectivity index (χ4v) is 9.47. The van der Waals surface area contributed by atoms with E-state index < -0.39 is 0 Å². The molecule has 0 saturated heterocycles. The smallest absolute Gasteiger partial charge is 0.145 e. The van der Waals surface area contributed by atoms with E-state index in [1.165, 1.54) is 92.8 Å². The van der Waals surface area contributed by atoms with Gasteiger partial charge in [-0.25, -0.2) is 4.98 Å². The van der Waals surface area contributed by atoms with Crippen LogP contribution in [-0.2, 0) is 0 Å². The van der Waals surface area contributed by atoms with Gasteiger partial charge in [-0.2, -0.15) is 0 Å². The molecule has 1 heterocycles. The Hall–Kier alpha value is -7.81. The Labute approximate surface area is 348 Å². The predicted molar refractivity (Wildman–Crippen MR) is 255 cm³/mol. The molecular formula is C58H38N2. The lowest BCUT2D eigenvalue weighted by Crippen LogP contribution is -1.97. The van der Waals surface area contributed by atoms with Crippen molar-refractivity contribution < 1.29 is 0 Å². The van der Waals surface area contributed by atoms with Crippen LogP contribution in [0, 0.1) is 6.92 Å². The van der Waals surface area contributed by atoms with Crippen LogP contribution < -0.4 is 0 Å². The van der Waals surface area contributed by atoms with Gasteiger partial charge in [-0.05, 0) is 149 Å². The van der Waals surface area contributed by atoms with Crippen molar-refractivity contribution in [3.05, 3.63) is 218 Å². The molecule has 0 aliphatic rings. The predicted octanol–water partition coefficient (Wildman–Crippen LogP) is 15.8. The van der Waals surface area contributed by atoms with Gasteiger partial charge in [0, 0.05) is 11.3 Å². The molecule has 0 spiro atoms. The Balaban J connectivity index is 0.921. The third-order valence-electron chi connectivity index (χ3n) is 12.4. The quantitative estimate of drug-likeness (QED) is 0.160. The third kappa shape index (κ3) is 5.61. The second kappa shape index (κ2) is 13.7. The van der Waals surface area contributed by atoms with E-state index in [9.17, 15) is 0 Å². The minimum atomic E-state index is 0.944. The fourth-order valence-electron chi connectivity index (χ4n) is 9.47. The summed E-state index contributed by atoms with van der Waals surface area (Å²) in [5, 5.41) is 12.5. The molecule has 0 aliphatic heterocycles. The van der Waals surface area contributed by atoms with Crippen molar-refractivity contribution in [3.8, 4) is 50.5 Å². The average molecular weight is 763 g/mol. The summed E-state index contributed by atoms with van der Waals surface area (Å²) in [4.78, 5) is 5.11. The number of aromatic nitrogens is 2. The second-order valence-corrected chi connectivity index (χ2v) is 16.1. The molecule has 2 heteroatoms. The van der Waals surface area contributed by atoms with Crippen molar-refractivity contribution in [1.82, 2.24) is 9.55 Å². The van der Waals surface area contributed by atoms with Crippen LogP contribution in [0.4, 0.5) is 0 Å². The number of imidazole rings is 1. The molecular weight excluding hydrogens is 725 g/mol. The zero-order chi connectivity index (χ0) is 39.7. The minimum absolute atomic E-state index is 0.944. The number of para-hydroxylation sites is 3. The van der Waals surface area contributed by atoms with Gasteiger partial charge < -0.3 is 0 Å². The lowest BCUT2D eigenvalue weighted by atomic mass is 9.85. The molecule has 12 rings (SSSR count). The maximum absolute atomic E-state index is 5.11. The number of hydrogen-bond donors (Lipinski definition) is 0. The van der Waals surface area contributed by atoms with Crippen LogP contribution in [0.25, 0.3) is 115 Å². The van der Waals surface area contributed by atoms with Crippen molar-refractivity contribution >= 4 is 64.9 Å². The van der Waals surface area contributed by atoms with Gasteiger partial charge in [0.2, 0.25) is 0 Å². The van der Waals surface area contributed by atoms with Crippen molar-refractivity contribution in [2.75, 3.05) is 0 Å². The number of rotatable bonds is 5. The maximum Gasteiger partial charge on any atom is 0.145 e. The van der Waals surface area contributed by atoms with E-state index in [4.69, 9.17) is 4.98 Å². The molecule has 0 radical (unpaired) electrons. The molecule has 0 aliphatic carbocycles. The van der Waals surface area contributed by atoms with Gasteiger partial charge in [-0.3, -0.25) is 4.57 Å². The standard InChI is InChI=1S/C58H38N2/c1-37-19-20-39-34-46(28-25-38(39)31-37)56-50-13-5-7-15-52(50)57(53-16-8-6-14-51(53)56)47-29-26-42-32-40(21-23-44(42)35-47)41-22-24-45-36-48(30-27-43(45)33-41)58-59-54-17-9-10-18-55(54)60(58)49-11-3-2-4-12-49/h2-36H,1H3. The van der Waals surface area contributed by atoms with E-state index >= 15 is 0 Å². The highest BCUT2D eigenvalue weighted by Gasteiger charge is 2.18. The monoisotopic (exact) mass is 762 g/mol. The van der Waals surface area contributed by atoms with Crippen LogP contribution in [-0.4, -0.2) is 9.55 Å². The van der Waals surface area contributed by atoms with E-state index in [2.05, 4.69) is 224 Å². The Morgan fingerprint density at radius 3 is 1.28 bits per heavy atom. The Morgan fingerprint density at radius 1 is 0.333 bits per heavy atom. The molecule has 0 N–H and O–H groups in total. The molecule has 11 aromatic carbocycles. The lowest BCUT2D eigenvalue weighted by molar-refractivity contribution is 1.10. The molecule has 0 bridgehead atoms. The van der Waals surface area contributed by atoms with Crippen LogP contribution in [0.3, 0.4) is 0 Å². The van der Waals surface area contributed by atoms with Crippen LogP contribution in [0.2, 0.25) is 0 Å². The summed E-state index contributed by atoms with van der Waals surface area (Å²) in [6.07, 6.45) is 0. The van der Waals surface area contributed by atoms with Crippen molar-refractivity contribution in [2.24, 2.45) is 0 Å². The van der Waals surface area contributed by atoms with Crippen LogP contribution in [0.1, 0.15) is 5.56 Å². The van der Waals surface area contributed by atoms with Gasteiger partial charge in [0.05, 0.1) is 11.0 Å². The summed E-state index contributed by atoms with van der Waals surface area (Å²) in [5.74, 6) is 0.944. The zero-order valence-electron chi connectivity index (χ0n) is 33.1. The topological polar surface area (TPSA) is 17.8 Å². The fraction of sp³-hybridized carbons (Fsp3) is 0.0172. The van der Waals surface area contributed by atoms with Crippen molar-refractivity contribution in [3.63, 3.8) is 0 Å². The molecule has 0 unspecified atom stereocenters. The van der Waals surface area contributed by atoms with Gasteiger partial charge in [0.15, 0.2) is 0 Å². The molecule has 60 heavy (non-hydrogen) atoms. The Bertz CT molecular complexity index is 3610. The number of hydrogen-bond acceptors (Lipinski definition) is 1. The first kappa shape index (κ1) is 34.3. The van der Waals surface area contributed by atoms with Gasteiger partial charge in [0.25, 0.3) is 0 Å². The third-order valence-corrected chi connectivity index (χ3v) is 12.4. The average Bonchev–Trinajstić information content (AvgIpc) is 3.70. The van der Waals surface area contributed by atoms with Crippen LogP contribution in [0.5, 0.6) is 0 Å². The first-order chi connectivity index (χ1) is 29.6. The lowest BCUT2D eigenvalue weighted by Gasteiger charge is -2.18. The normalized spacial score (nSPS) is 11.8. The van der Waals surface area contributed by atoms with Gasteiger partial charge in [-0.1, -0.05) is 163 Å². The molecule has 12 aromatic rings. The van der Waals surface area contributed by atoms with Gasteiger partial charge >= 0.3 is 0 Å². The number of aryl methyl sites for hydroxylation is 1. The molecule has 0 fully saturated rings. The van der Waals surface area contributed by atoms with Crippen molar-refractivity contribution in [1.29, 1.82) is 0 Å². The van der Waals surface area contributed by atoms with E-state index in [1.54, 1.807) is 0 Å². The molecule has 1 aromatic heterocycles. The largest absolute Gasteiger partial charge is 0.292 e. The SMILES string of the molecule is Cc1ccc2cc(-c3c4ccccc4c(-c4ccc5cc(-c6ccc7cc(-c8nc9ccccc9n8-c8ccccc8)ccc7c6)ccc5c4)c4ccccc34)ccc2c1. The van der Waals surface area contributed by atoms with Crippen molar-refractivity contribution in [2.45, 2.75) is 6.92 Å². The van der Waals surface area contributed by atoms with Gasteiger partial charge in [0.1, 0.15) is 5.82 Å². The minimum Gasteiger partial charge on any atom is -0.292 e. The molecule has 0 atom stereocenters. The Morgan fingerprint density at radius 2 is 0.733 bits per heavy atom. The highest BCUT2D eigenvalue weighted by molar-refractivity contribution is 6.22. The summed E-state index contributed by atoms with van der Waals surface area (Å²) < 4.78 is 2.26. The number of benzene rings is 11. The summed E-state index contributed by atoms with van der Waals surface area (Å²) in [5.41, 5.74) is 13.0. The summed E-state index contributed by atoms with van der Waals surface area (Å²) >= 11 is 0. The summed E-state index contributed by atoms with van der Waals surface area (Å²) in [6, 6.07) is 77.7. The maximum atomic E-state index is 5.11. The van der Waals surface area contributed by atoms with Gasteiger partial charge in [-0.15, -0.1) is 0 Å². The first-order valence-electron chi connectivity index (χ1n) is 20.7. The van der Waals surface area contributed by atoms with E-state index in [0.29, 0.717) is 0 Å². The van der Waals surface area contributed by atoms with E-state index in [-0.39, 0.29) is 0 Å². The van der Waals surface area contributed by atoms with E-state index in [0.717, 1.165) is 28.1 Å². The second-order valence-electron chi connectivity index (χ2n) is 16.1. The molecule has 0 amide bonds. The first-order valence-corrected chi connectivity index (χ1v) is 20.7.